The molecule has 0 unspecified atom stereocenters. The van der Waals surface area contributed by atoms with E-state index in [1.165, 1.54) is 6.42 Å². The Hall–Kier alpha value is -2.34. The van der Waals surface area contributed by atoms with E-state index < -0.39 is 0 Å². The largest absolute Gasteiger partial charge is 0.467 e. The molecule has 0 radical (unpaired) electrons. The van der Waals surface area contributed by atoms with Crippen LogP contribution in [0.25, 0.3) is 0 Å². The molecule has 1 aromatic carbocycles. The molecule has 2 heterocycles. The molecule has 0 spiro atoms. The lowest BCUT2D eigenvalue weighted by molar-refractivity contribution is -0.118. The predicted molar refractivity (Wildman–Crippen MR) is 108 cm³/mol. The van der Waals surface area contributed by atoms with Gasteiger partial charge in [-0.25, -0.2) is 4.98 Å². The molecule has 1 aromatic heterocycles. The van der Waals surface area contributed by atoms with Crippen molar-refractivity contribution >= 4 is 29.1 Å². The number of amides is 1. The maximum absolute atomic E-state index is 12.2. The summed E-state index contributed by atoms with van der Waals surface area (Å²) in [5, 5.41) is 3.43. The van der Waals surface area contributed by atoms with Gasteiger partial charge in [0.25, 0.3) is 5.91 Å². The molecule has 0 bridgehead atoms. The van der Waals surface area contributed by atoms with Crippen molar-refractivity contribution in [3.63, 3.8) is 0 Å². The number of benzene rings is 1. The molecular formula is C20H25ClN4O2. The number of anilines is 2. The first-order chi connectivity index (χ1) is 12.9. The highest BCUT2D eigenvalue weighted by Crippen LogP contribution is 2.24. The van der Waals surface area contributed by atoms with E-state index in [0.29, 0.717) is 28.5 Å². The van der Waals surface area contributed by atoms with E-state index >= 15 is 0 Å². The second-order valence-corrected chi connectivity index (χ2v) is 7.50. The van der Waals surface area contributed by atoms with Gasteiger partial charge in [0.1, 0.15) is 0 Å². The van der Waals surface area contributed by atoms with Crippen molar-refractivity contribution in [2.24, 2.45) is 5.92 Å². The Balaban J connectivity index is 1.63. The second-order valence-electron chi connectivity index (χ2n) is 7.09. The summed E-state index contributed by atoms with van der Waals surface area (Å²) in [4.78, 5) is 23.4. The Morgan fingerprint density at radius 2 is 2.19 bits per heavy atom. The molecule has 6 nitrogen and oxygen atoms in total. The van der Waals surface area contributed by atoms with Crippen molar-refractivity contribution < 1.29 is 9.53 Å². The summed E-state index contributed by atoms with van der Waals surface area (Å²) in [6.07, 6.45) is 2.37. The van der Waals surface area contributed by atoms with Crippen molar-refractivity contribution in [2.75, 3.05) is 29.9 Å². The summed E-state index contributed by atoms with van der Waals surface area (Å²) in [6, 6.07) is 7.14. The predicted octanol–water partition coefficient (Wildman–Crippen LogP) is 4.00. The summed E-state index contributed by atoms with van der Waals surface area (Å²) in [5.41, 5.74) is 2.32. The third kappa shape index (κ3) is 5.10. The zero-order chi connectivity index (χ0) is 19.4. The number of aryl methyl sites for hydroxylation is 1. The molecule has 1 saturated heterocycles. The summed E-state index contributed by atoms with van der Waals surface area (Å²) in [5.74, 6) is 1.44. The summed E-state index contributed by atoms with van der Waals surface area (Å²) >= 11 is 6.08. The lowest BCUT2D eigenvalue weighted by atomic mass is 10.0. The first kappa shape index (κ1) is 19.4. The lowest BCUT2D eigenvalue weighted by Gasteiger charge is -2.31. The van der Waals surface area contributed by atoms with Gasteiger partial charge in [-0.2, -0.15) is 4.98 Å². The standard InChI is InChI=1S/C20H25ClN4O2/c1-13-6-5-9-25(11-13)20-22-14(2)10-19(24-20)27-12-18(26)23-17-8-4-7-16(21)15(17)3/h4,7-8,10,13H,5-6,9,11-12H2,1-3H3,(H,23,26)/t13-/m1/s1. The molecule has 1 amide bonds. The van der Waals surface area contributed by atoms with Crippen LogP contribution in [0.4, 0.5) is 11.6 Å². The van der Waals surface area contributed by atoms with Crippen LogP contribution in [-0.4, -0.2) is 35.6 Å². The van der Waals surface area contributed by atoms with E-state index in [9.17, 15) is 4.79 Å². The van der Waals surface area contributed by atoms with Crippen molar-refractivity contribution in [3.05, 3.63) is 40.5 Å². The summed E-state index contributed by atoms with van der Waals surface area (Å²) in [6.45, 7) is 7.76. The van der Waals surface area contributed by atoms with Gasteiger partial charge in [-0.3, -0.25) is 4.79 Å². The molecule has 1 aliphatic rings. The third-order valence-corrected chi connectivity index (χ3v) is 5.06. The zero-order valence-corrected chi connectivity index (χ0v) is 16.7. The summed E-state index contributed by atoms with van der Waals surface area (Å²) < 4.78 is 5.63. The van der Waals surface area contributed by atoms with Crippen molar-refractivity contribution in [3.8, 4) is 5.88 Å². The topological polar surface area (TPSA) is 67.3 Å². The van der Waals surface area contributed by atoms with Gasteiger partial charge in [0, 0.05) is 35.6 Å². The van der Waals surface area contributed by atoms with Crippen LogP contribution in [-0.2, 0) is 4.79 Å². The van der Waals surface area contributed by atoms with Crippen LogP contribution in [0.5, 0.6) is 5.88 Å². The number of carbonyl (C=O) groups excluding carboxylic acids is 1. The van der Waals surface area contributed by atoms with E-state index in [1.54, 1.807) is 18.2 Å². The van der Waals surface area contributed by atoms with E-state index in [0.717, 1.165) is 30.8 Å². The third-order valence-electron chi connectivity index (χ3n) is 4.65. The maximum Gasteiger partial charge on any atom is 0.262 e. The fraction of sp³-hybridized carbons (Fsp3) is 0.450. The Morgan fingerprint density at radius 1 is 1.37 bits per heavy atom. The van der Waals surface area contributed by atoms with Gasteiger partial charge in [0.05, 0.1) is 0 Å². The molecule has 0 aliphatic carbocycles. The number of aromatic nitrogens is 2. The number of nitrogens with zero attached hydrogens (tertiary/aromatic N) is 3. The van der Waals surface area contributed by atoms with Gasteiger partial charge < -0.3 is 15.0 Å². The van der Waals surface area contributed by atoms with Gasteiger partial charge >= 0.3 is 0 Å². The molecule has 7 heteroatoms. The number of hydrogen-bond donors (Lipinski definition) is 1. The van der Waals surface area contributed by atoms with E-state index in [4.69, 9.17) is 16.3 Å². The molecule has 1 aliphatic heterocycles. The second kappa shape index (κ2) is 8.57. The minimum absolute atomic E-state index is 0.127. The fourth-order valence-electron chi connectivity index (χ4n) is 3.18. The highest BCUT2D eigenvalue weighted by Gasteiger charge is 2.19. The molecular weight excluding hydrogens is 364 g/mol. The Kier molecular flexibility index (Phi) is 6.16. The number of piperidine rings is 1. The van der Waals surface area contributed by atoms with Gasteiger partial charge in [-0.15, -0.1) is 0 Å². The van der Waals surface area contributed by atoms with Crippen molar-refractivity contribution in [1.29, 1.82) is 0 Å². The van der Waals surface area contributed by atoms with Gasteiger partial charge in [-0.1, -0.05) is 24.6 Å². The molecule has 2 aromatic rings. The van der Waals surface area contributed by atoms with Crippen LogP contribution in [0, 0.1) is 19.8 Å². The molecule has 3 rings (SSSR count). The van der Waals surface area contributed by atoms with Gasteiger partial charge in [0.2, 0.25) is 11.8 Å². The molecule has 27 heavy (non-hydrogen) atoms. The zero-order valence-electron chi connectivity index (χ0n) is 16.0. The minimum atomic E-state index is -0.259. The number of carbonyl (C=O) groups is 1. The first-order valence-corrected chi connectivity index (χ1v) is 9.58. The Morgan fingerprint density at radius 3 is 2.96 bits per heavy atom. The van der Waals surface area contributed by atoms with Crippen LogP contribution >= 0.6 is 11.6 Å². The van der Waals surface area contributed by atoms with E-state index in [1.807, 2.05) is 19.9 Å². The van der Waals surface area contributed by atoms with Crippen LogP contribution < -0.4 is 15.0 Å². The number of nitrogens with one attached hydrogen (secondary N) is 1. The van der Waals surface area contributed by atoms with Crippen LogP contribution in [0.15, 0.2) is 24.3 Å². The highest BCUT2D eigenvalue weighted by atomic mass is 35.5. The van der Waals surface area contributed by atoms with Crippen LogP contribution in [0.1, 0.15) is 31.0 Å². The number of hydrogen-bond acceptors (Lipinski definition) is 5. The highest BCUT2D eigenvalue weighted by molar-refractivity contribution is 6.31. The quantitative estimate of drug-likeness (QED) is 0.838. The molecule has 144 valence electrons. The Bertz CT molecular complexity index is 828. The molecule has 1 atom stereocenters. The van der Waals surface area contributed by atoms with Gasteiger partial charge in [-0.05, 0) is 50.3 Å². The Labute approximate surface area is 164 Å². The van der Waals surface area contributed by atoms with Crippen molar-refractivity contribution in [1.82, 2.24) is 9.97 Å². The van der Waals surface area contributed by atoms with Gasteiger partial charge in [0.15, 0.2) is 6.61 Å². The van der Waals surface area contributed by atoms with Crippen LogP contribution in [0.2, 0.25) is 5.02 Å². The molecule has 1 N–H and O–H groups in total. The van der Waals surface area contributed by atoms with Crippen molar-refractivity contribution in [2.45, 2.75) is 33.6 Å². The minimum Gasteiger partial charge on any atom is -0.467 e. The lowest BCUT2D eigenvalue weighted by Crippen LogP contribution is -2.35. The smallest absolute Gasteiger partial charge is 0.262 e. The molecule has 0 saturated carbocycles. The maximum atomic E-state index is 12.2. The average Bonchev–Trinajstić information content (AvgIpc) is 2.63. The fourth-order valence-corrected chi connectivity index (χ4v) is 3.35. The first-order valence-electron chi connectivity index (χ1n) is 9.21. The summed E-state index contributed by atoms with van der Waals surface area (Å²) in [7, 11) is 0. The number of rotatable bonds is 5. The molecule has 1 fully saturated rings. The van der Waals surface area contributed by atoms with Crippen LogP contribution in [0.3, 0.4) is 0 Å². The number of ether oxygens (including phenoxy) is 1. The van der Waals surface area contributed by atoms with E-state index in [-0.39, 0.29) is 12.5 Å². The average molecular weight is 389 g/mol. The monoisotopic (exact) mass is 388 g/mol. The van der Waals surface area contributed by atoms with E-state index in [2.05, 4.69) is 27.1 Å². The normalized spacial score (nSPS) is 16.9. The SMILES string of the molecule is Cc1cc(OCC(=O)Nc2cccc(Cl)c2C)nc(N2CCC[C@@H](C)C2)n1. The number of halogens is 1.